The molecule has 0 bridgehead atoms. The Morgan fingerprint density at radius 1 is 0.938 bits per heavy atom. The smallest absolute Gasteiger partial charge is 0.303 e. The summed E-state index contributed by atoms with van der Waals surface area (Å²) in [5.74, 6) is 1.71. The van der Waals surface area contributed by atoms with Gasteiger partial charge in [-0.05, 0) is 30.8 Å². The van der Waals surface area contributed by atoms with Crippen molar-refractivity contribution in [3.63, 3.8) is 0 Å². The maximum absolute atomic E-state index is 10.3. The molecule has 0 atom stereocenters. The molecule has 0 aliphatic rings. The molecule has 0 aromatic carbocycles. The lowest BCUT2D eigenvalue weighted by atomic mass is 10.1. The van der Waals surface area contributed by atoms with E-state index in [0.29, 0.717) is 6.42 Å². The Morgan fingerprint density at radius 2 is 1.50 bits per heavy atom. The van der Waals surface area contributed by atoms with Crippen LogP contribution in [0.25, 0.3) is 0 Å². The molecule has 0 fully saturated rings. The third-order valence-corrected chi connectivity index (χ3v) is 3.73. The van der Waals surface area contributed by atoms with Gasteiger partial charge >= 0.3 is 5.97 Å². The zero-order chi connectivity index (χ0) is 12.1. The van der Waals surface area contributed by atoms with E-state index in [2.05, 4.69) is 6.92 Å². The molecule has 0 saturated heterocycles. The average Bonchev–Trinajstić information content (AvgIpc) is 2.25. The Balaban J connectivity index is 2.90. The second-order valence-corrected chi connectivity index (χ2v) is 5.46. The number of aliphatic carboxylic acids is 1. The first-order chi connectivity index (χ1) is 7.77. The number of carboxylic acids is 1. The van der Waals surface area contributed by atoms with Crippen LogP contribution in [0.15, 0.2) is 0 Å². The van der Waals surface area contributed by atoms with Crippen molar-refractivity contribution in [1.29, 1.82) is 0 Å². The topological polar surface area (TPSA) is 37.3 Å². The van der Waals surface area contributed by atoms with E-state index in [1.807, 2.05) is 11.8 Å². The number of rotatable bonds is 12. The van der Waals surface area contributed by atoms with E-state index in [-0.39, 0.29) is 0 Å². The normalized spacial score (nSPS) is 10.6. The maximum Gasteiger partial charge on any atom is 0.303 e. The van der Waals surface area contributed by atoms with Crippen molar-refractivity contribution >= 4 is 17.7 Å². The summed E-state index contributed by atoms with van der Waals surface area (Å²) in [6.45, 7) is 2.24. The number of hydrogen-bond donors (Lipinski definition) is 1. The average molecular weight is 246 g/mol. The first-order valence-corrected chi connectivity index (χ1v) is 7.72. The van der Waals surface area contributed by atoms with E-state index in [9.17, 15) is 4.79 Å². The predicted molar refractivity (Wildman–Crippen MR) is 72.2 cm³/mol. The van der Waals surface area contributed by atoms with Crippen molar-refractivity contribution in [3.8, 4) is 0 Å². The molecular formula is C13H26O2S. The van der Waals surface area contributed by atoms with E-state index in [4.69, 9.17) is 5.11 Å². The summed E-state index contributed by atoms with van der Waals surface area (Å²) >= 11 is 1.98. The lowest BCUT2D eigenvalue weighted by Crippen LogP contribution is -1.94. The number of hydrogen-bond acceptors (Lipinski definition) is 2. The molecule has 0 rings (SSSR count). The van der Waals surface area contributed by atoms with Crippen molar-refractivity contribution in [2.24, 2.45) is 0 Å². The van der Waals surface area contributed by atoms with Crippen LogP contribution in [-0.4, -0.2) is 22.6 Å². The minimum absolute atomic E-state index is 0.331. The van der Waals surface area contributed by atoms with E-state index < -0.39 is 5.97 Å². The highest BCUT2D eigenvalue weighted by atomic mass is 32.2. The first kappa shape index (κ1) is 15.8. The van der Waals surface area contributed by atoms with Gasteiger partial charge in [0.25, 0.3) is 0 Å². The third kappa shape index (κ3) is 13.8. The Morgan fingerprint density at radius 3 is 2.12 bits per heavy atom. The molecule has 2 nitrogen and oxygen atoms in total. The van der Waals surface area contributed by atoms with Gasteiger partial charge in [-0.15, -0.1) is 0 Å². The van der Waals surface area contributed by atoms with Crippen LogP contribution in [0.5, 0.6) is 0 Å². The largest absolute Gasteiger partial charge is 0.481 e. The van der Waals surface area contributed by atoms with Crippen molar-refractivity contribution in [2.75, 3.05) is 11.5 Å². The monoisotopic (exact) mass is 246 g/mol. The third-order valence-electron chi connectivity index (χ3n) is 2.57. The molecule has 0 saturated carbocycles. The van der Waals surface area contributed by atoms with E-state index >= 15 is 0 Å². The highest BCUT2D eigenvalue weighted by Crippen LogP contribution is 2.11. The summed E-state index contributed by atoms with van der Waals surface area (Å²) in [5, 5.41) is 8.45. The van der Waals surface area contributed by atoms with Crippen molar-refractivity contribution < 1.29 is 9.90 Å². The summed E-state index contributed by atoms with van der Waals surface area (Å²) in [6.07, 6.45) is 10.4. The Bertz CT molecular complexity index is 160. The molecule has 3 heteroatoms. The molecular weight excluding hydrogens is 220 g/mol. The molecule has 0 aliphatic carbocycles. The minimum Gasteiger partial charge on any atom is -0.481 e. The molecule has 16 heavy (non-hydrogen) atoms. The van der Waals surface area contributed by atoms with Gasteiger partial charge in [-0.3, -0.25) is 4.79 Å². The molecule has 0 aliphatic heterocycles. The number of thioether (sulfide) groups is 1. The van der Waals surface area contributed by atoms with Crippen LogP contribution in [0.2, 0.25) is 0 Å². The van der Waals surface area contributed by atoms with Gasteiger partial charge in [-0.1, -0.05) is 39.0 Å². The van der Waals surface area contributed by atoms with E-state index in [1.165, 1.54) is 44.3 Å². The first-order valence-electron chi connectivity index (χ1n) is 6.57. The van der Waals surface area contributed by atoms with Gasteiger partial charge in [0, 0.05) is 6.42 Å². The minimum atomic E-state index is -0.666. The molecule has 0 spiro atoms. The molecule has 0 aromatic heterocycles. The molecule has 0 aromatic rings. The van der Waals surface area contributed by atoms with Crippen molar-refractivity contribution in [1.82, 2.24) is 0 Å². The summed E-state index contributed by atoms with van der Waals surface area (Å²) in [6, 6.07) is 0. The van der Waals surface area contributed by atoms with Crippen molar-refractivity contribution in [3.05, 3.63) is 0 Å². The molecule has 0 unspecified atom stereocenters. The Hall–Kier alpha value is -0.180. The van der Waals surface area contributed by atoms with Crippen LogP contribution in [0.1, 0.15) is 64.7 Å². The fraction of sp³-hybridized carbons (Fsp3) is 0.923. The predicted octanol–water partition coefficient (Wildman–Crippen LogP) is 4.34. The molecule has 1 N–H and O–H groups in total. The summed E-state index contributed by atoms with van der Waals surface area (Å²) in [5.41, 5.74) is 0. The molecule has 0 amide bonds. The Labute approximate surface area is 104 Å². The second-order valence-electron chi connectivity index (χ2n) is 4.23. The van der Waals surface area contributed by atoms with Gasteiger partial charge in [-0.25, -0.2) is 0 Å². The van der Waals surface area contributed by atoms with Crippen LogP contribution in [-0.2, 0) is 4.79 Å². The Kier molecular flexibility index (Phi) is 12.7. The van der Waals surface area contributed by atoms with Gasteiger partial charge in [0.05, 0.1) is 0 Å². The van der Waals surface area contributed by atoms with Gasteiger partial charge in [0.1, 0.15) is 0 Å². The molecule has 96 valence electrons. The van der Waals surface area contributed by atoms with Gasteiger partial charge in [-0.2, -0.15) is 11.8 Å². The zero-order valence-electron chi connectivity index (χ0n) is 10.5. The van der Waals surface area contributed by atoms with Crippen LogP contribution >= 0.6 is 11.8 Å². The maximum atomic E-state index is 10.3. The quantitative estimate of drug-likeness (QED) is 0.521. The van der Waals surface area contributed by atoms with Gasteiger partial charge in [0.15, 0.2) is 0 Å². The van der Waals surface area contributed by atoms with Crippen LogP contribution < -0.4 is 0 Å². The SMILES string of the molecule is CCCCCCCCSCCCCC(=O)O. The fourth-order valence-corrected chi connectivity index (χ4v) is 2.59. The number of unbranched alkanes of at least 4 members (excludes halogenated alkanes) is 6. The van der Waals surface area contributed by atoms with Crippen molar-refractivity contribution in [2.45, 2.75) is 64.7 Å². The van der Waals surface area contributed by atoms with Crippen LogP contribution in [0.4, 0.5) is 0 Å². The summed E-state index contributed by atoms with van der Waals surface area (Å²) in [4.78, 5) is 10.3. The van der Waals surface area contributed by atoms with Gasteiger partial charge < -0.3 is 5.11 Å². The van der Waals surface area contributed by atoms with Gasteiger partial charge in [0.2, 0.25) is 0 Å². The van der Waals surface area contributed by atoms with Crippen LogP contribution in [0, 0.1) is 0 Å². The standard InChI is InChI=1S/C13H26O2S/c1-2-3-4-5-6-8-11-16-12-9-7-10-13(14)15/h2-12H2,1H3,(H,14,15). The highest BCUT2D eigenvalue weighted by molar-refractivity contribution is 7.99. The molecule has 0 radical (unpaired) electrons. The lowest BCUT2D eigenvalue weighted by Gasteiger charge is -2.01. The van der Waals surface area contributed by atoms with E-state index in [1.54, 1.807) is 0 Å². The summed E-state index contributed by atoms with van der Waals surface area (Å²) < 4.78 is 0. The molecule has 0 heterocycles. The van der Waals surface area contributed by atoms with E-state index in [0.717, 1.165) is 18.6 Å². The van der Waals surface area contributed by atoms with Crippen LogP contribution in [0.3, 0.4) is 0 Å². The lowest BCUT2D eigenvalue weighted by molar-refractivity contribution is -0.137. The number of carbonyl (C=O) groups is 1. The fourth-order valence-electron chi connectivity index (χ4n) is 1.57. The highest BCUT2D eigenvalue weighted by Gasteiger charge is 1.96. The number of carboxylic acid groups (broad SMARTS) is 1. The second kappa shape index (κ2) is 12.9. The summed E-state index contributed by atoms with van der Waals surface area (Å²) in [7, 11) is 0. The zero-order valence-corrected chi connectivity index (χ0v) is 11.4.